The van der Waals surface area contributed by atoms with Crippen molar-refractivity contribution in [1.29, 1.82) is 0 Å². The molecule has 8 aromatic rings. The van der Waals surface area contributed by atoms with Crippen LogP contribution in [-0.4, -0.2) is 6.10 Å². The molecule has 7 aromatic carbocycles. The summed E-state index contributed by atoms with van der Waals surface area (Å²) >= 11 is 0. The number of aryl methyl sites for hydroxylation is 2. The normalized spacial score (nSPS) is 17.6. The maximum Gasteiger partial charge on any atom is 0.159 e. The topological polar surface area (TPSA) is 28.9 Å². The van der Waals surface area contributed by atoms with Gasteiger partial charge in [0.2, 0.25) is 0 Å². The largest absolute Gasteiger partial charge is 0.483 e. The number of ether oxygens (including phenoxy) is 1. The minimum Gasteiger partial charge on any atom is -0.483 e. The molecular weight excluding hydrogens is 817 g/mol. The maximum absolute atomic E-state index is 7.19. The van der Waals surface area contributed by atoms with Gasteiger partial charge in [-0.05, 0) is 133 Å². The Kier molecular flexibility index (Phi) is 10.4. The van der Waals surface area contributed by atoms with Crippen molar-refractivity contribution in [1.82, 2.24) is 0 Å². The molecule has 1 aliphatic heterocycles. The molecule has 2 unspecified atom stereocenters. The van der Waals surface area contributed by atoms with Crippen LogP contribution in [0.2, 0.25) is 0 Å². The molecule has 3 aliphatic rings. The third kappa shape index (κ3) is 6.78. The molecule has 11 rings (SSSR count). The number of fused-ring (bicyclic) bond motifs is 5. The first-order valence-electron chi connectivity index (χ1n) is 24.2. The fourth-order valence-corrected chi connectivity index (χ4v) is 11.3. The Bertz CT molecular complexity index is 3540. The summed E-state index contributed by atoms with van der Waals surface area (Å²) in [5.41, 5.74) is 16.9. The highest BCUT2D eigenvalue weighted by Gasteiger charge is 2.43. The number of furan rings is 1. The molecule has 2 atom stereocenters. The third-order valence-corrected chi connectivity index (χ3v) is 14.8. The molecule has 0 spiro atoms. The molecule has 2 heterocycles. The zero-order valence-corrected chi connectivity index (χ0v) is 40.4. The Morgan fingerprint density at radius 1 is 0.731 bits per heavy atom. The first kappa shape index (κ1) is 42.6. The van der Waals surface area contributed by atoms with Crippen LogP contribution in [0.1, 0.15) is 83.9 Å². The van der Waals surface area contributed by atoms with Gasteiger partial charge >= 0.3 is 0 Å². The van der Waals surface area contributed by atoms with Gasteiger partial charge in [-0.3, -0.25) is 0 Å². The van der Waals surface area contributed by atoms with Crippen molar-refractivity contribution in [2.24, 2.45) is 11.8 Å². The second kappa shape index (κ2) is 16.4. The van der Waals surface area contributed by atoms with Crippen molar-refractivity contribution in [2.45, 2.75) is 87.2 Å². The lowest BCUT2D eigenvalue weighted by Crippen LogP contribution is -2.26. The van der Waals surface area contributed by atoms with E-state index in [2.05, 4.69) is 212 Å². The van der Waals surface area contributed by atoms with Crippen molar-refractivity contribution in [3.63, 3.8) is 0 Å². The first-order chi connectivity index (χ1) is 32.4. The van der Waals surface area contributed by atoms with Crippen LogP contribution in [0, 0.1) is 25.7 Å². The van der Waals surface area contributed by atoms with E-state index >= 15 is 0 Å². The fourth-order valence-electron chi connectivity index (χ4n) is 11.3. The van der Waals surface area contributed by atoms with Gasteiger partial charge in [-0.25, -0.2) is 0 Å². The van der Waals surface area contributed by atoms with Crippen LogP contribution in [-0.2, 0) is 4.74 Å². The second-order valence-electron chi connectivity index (χ2n) is 19.7. The number of benzene rings is 7. The molecule has 1 aromatic heterocycles. The average Bonchev–Trinajstić information content (AvgIpc) is 3.91. The van der Waals surface area contributed by atoms with Crippen molar-refractivity contribution in [3.8, 4) is 0 Å². The van der Waals surface area contributed by atoms with Gasteiger partial charge in [-0.15, -0.1) is 0 Å². The number of hydrogen-bond acceptors (Lipinski definition) is 4. The Morgan fingerprint density at radius 2 is 1.40 bits per heavy atom. The molecular formula is C63H60N2O2. The van der Waals surface area contributed by atoms with Crippen molar-refractivity contribution in [2.75, 3.05) is 9.80 Å². The zero-order valence-electron chi connectivity index (χ0n) is 40.4. The SMILES string of the molecule is C=C(/C(C)=C\C(C)=C/C)N(C1=CCCC2=C1OC1C(C(C)C)=CC=CC21)c1ccc2ccc3c(N(c4ccc(C)cc4C)c4cccc5c4oc4c(C(C)C)cccc45)ccc4ccc1c2c43. The molecule has 4 heteroatoms. The lowest BCUT2D eigenvalue weighted by molar-refractivity contribution is 0.150. The van der Waals surface area contributed by atoms with Gasteiger partial charge in [-0.1, -0.05) is 161 Å². The summed E-state index contributed by atoms with van der Waals surface area (Å²) in [5, 5.41) is 9.50. The number of rotatable bonds is 10. The predicted octanol–water partition coefficient (Wildman–Crippen LogP) is 18.0. The van der Waals surface area contributed by atoms with Gasteiger partial charge in [0.1, 0.15) is 17.4 Å². The summed E-state index contributed by atoms with van der Waals surface area (Å²) in [4.78, 5) is 4.85. The van der Waals surface area contributed by atoms with E-state index < -0.39 is 0 Å². The minimum atomic E-state index is 0.0103. The Hall–Kier alpha value is -7.04. The van der Waals surface area contributed by atoms with E-state index in [-0.39, 0.29) is 12.0 Å². The van der Waals surface area contributed by atoms with Crippen LogP contribution in [0.5, 0.6) is 0 Å². The van der Waals surface area contributed by atoms with Gasteiger partial charge in [0.25, 0.3) is 0 Å². The van der Waals surface area contributed by atoms with E-state index in [1.807, 2.05) is 0 Å². The van der Waals surface area contributed by atoms with E-state index in [0.717, 1.165) is 80.3 Å². The standard InChI is InChI=1S/C63H60N2O2/c1-11-38(6)34-40(8)42(10)64(56-22-14-20-49-47-18-12-16-45(36(2)3)60(47)66-62(49)56)54-32-27-43-26-30-52-55(33-28-44-25-29-51(54)58(43)59(44)52)65(53-31-24-39(7)35-41(53)9)57-23-15-21-50-48-19-13-17-46(37(4)5)61(48)67-63(50)57/h11-13,15-19,21-37,47,60H,10,14,20H2,1-9H3/b38-11-,40-34-. The van der Waals surface area contributed by atoms with E-state index in [0.29, 0.717) is 11.8 Å². The number of allylic oxidation sites excluding steroid dienone is 7. The highest BCUT2D eigenvalue weighted by atomic mass is 16.5. The molecule has 0 fully saturated rings. The summed E-state index contributed by atoms with van der Waals surface area (Å²) < 4.78 is 14.2. The quantitative estimate of drug-likeness (QED) is 0.101. The van der Waals surface area contributed by atoms with Crippen LogP contribution in [0.4, 0.5) is 22.7 Å². The molecule has 67 heavy (non-hydrogen) atoms. The second-order valence-corrected chi connectivity index (χ2v) is 19.7. The van der Waals surface area contributed by atoms with Crippen LogP contribution in [0.15, 0.2) is 190 Å². The van der Waals surface area contributed by atoms with Gasteiger partial charge < -0.3 is 19.0 Å². The number of nitrogens with zero attached hydrogens (tertiary/aromatic N) is 2. The monoisotopic (exact) mass is 876 g/mol. The molecule has 0 radical (unpaired) electrons. The molecule has 0 saturated heterocycles. The van der Waals surface area contributed by atoms with E-state index in [1.54, 1.807) is 0 Å². The Labute approximate surface area is 395 Å². The summed E-state index contributed by atoms with van der Waals surface area (Å²) in [6.07, 6.45) is 15.6. The lowest BCUT2D eigenvalue weighted by atomic mass is 9.80. The minimum absolute atomic E-state index is 0.0103. The lowest BCUT2D eigenvalue weighted by Gasteiger charge is -2.34. The average molecular weight is 877 g/mol. The highest BCUT2D eigenvalue weighted by molar-refractivity contribution is 6.28. The van der Waals surface area contributed by atoms with Crippen LogP contribution in [0.3, 0.4) is 0 Å². The smallest absolute Gasteiger partial charge is 0.159 e. The zero-order chi connectivity index (χ0) is 46.4. The fraction of sp³-hybridized carbons (Fsp3) is 0.238. The van der Waals surface area contributed by atoms with E-state index in [1.165, 1.54) is 65.7 Å². The highest BCUT2D eigenvalue weighted by Crippen LogP contribution is 2.52. The number of para-hydroxylation sites is 2. The molecule has 0 saturated carbocycles. The Morgan fingerprint density at radius 3 is 2.10 bits per heavy atom. The molecule has 0 amide bonds. The molecule has 2 aliphatic carbocycles. The van der Waals surface area contributed by atoms with E-state index in [4.69, 9.17) is 15.7 Å². The van der Waals surface area contributed by atoms with Crippen molar-refractivity contribution in [3.05, 3.63) is 202 Å². The molecule has 4 nitrogen and oxygen atoms in total. The number of anilines is 4. The summed E-state index contributed by atoms with van der Waals surface area (Å²) in [6.45, 7) is 24.8. The van der Waals surface area contributed by atoms with Crippen molar-refractivity contribution < 1.29 is 9.15 Å². The molecule has 334 valence electrons. The summed E-state index contributed by atoms with van der Waals surface area (Å²) in [6, 6.07) is 38.5. The first-order valence-corrected chi connectivity index (χ1v) is 24.2. The van der Waals surface area contributed by atoms with Crippen LogP contribution in [0.25, 0.3) is 54.3 Å². The number of hydrogen-bond donors (Lipinski definition) is 0. The summed E-state index contributed by atoms with van der Waals surface area (Å²) in [5.74, 6) is 1.96. The van der Waals surface area contributed by atoms with Crippen molar-refractivity contribution >= 4 is 77.0 Å². The summed E-state index contributed by atoms with van der Waals surface area (Å²) in [7, 11) is 0. The molecule has 0 N–H and O–H groups in total. The van der Waals surface area contributed by atoms with Gasteiger partial charge in [0, 0.05) is 38.8 Å². The van der Waals surface area contributed by atoms with Gasteiger partial charge in [-0.2, -0.15) is 0 Å². The van der Waals surface area contributed by atoms with Crippen LogP contribution >= 0.6 is 0 Å². The molecule has 0 bridgehead atoms. The Balaban J connectivity index is 1.14. The van der Waals surface area contributed by atoms with E-state index in [9.17, 15) is 0 Å². The van der Waals surface area contributed by atoms with Crippen LogP contribution < -0.4 is 9.80 Å². The van der Waals surface area contributed by atoms with Gasteiger partial charge in [0.05, 0.1) is 22.8 Å². The third-order valence-electron chi connectivity index (χ3n) is 14.8. The maximum atomic E-state index is 7.19. The van der Waals surface area contributed by atoms with Gasteiger partial charge in [0.15, 0.2) is 5.58 Å². The predicted molar refractivity (Wildman–Crippen MR) is 285 cm³/mol.